The topological polar surface area (TPSA) is 50.7 Å². The molecule has 6 heteroatoms. The zero-order valence-corrected chi connectivity index (χ0v) is 24.4. The predicted octanol–water partition coefficient (Wildman–Crippen LogP) is 5.54. The predicted molar refractivity (Wildman–Crippen MR) is 153 cm³/mol. The minimum atomic E-state index is 0.435. The minimum absolute atomic E-state index is 0.435. The third kappa shape index (κ3) is 6.30. The van der Waals surface area contributed by atoms with Gasteiger partial charge in [-0.05, 0) is 73.9 Å². The van der Waals surface area contributed by atoms with Gasteiger partial charge in [-0.1, -0.05) is 39.8 Å². The van der Waals surface area contributed by atoms with Crippen molar-refractivity contribution in [3.05, 3.63) is 58.2 Å². The van der Waals surface area contributed by atoms with Crippen molar-refractivity contribution in [3.63, 3.8) is 0 Å². The van der Waals surface area contributed by atoms with Gasteiger partial charge in [0.05, 0.1) is 24.6 Å². The Morgan fingerprint density at radius 3 is 2.05 bits per heavy atom. The van der Waals surface area contributed by atoms with Gasteiger partial charge in [-0.2, -0.15) is 0 Å². The van der Waals surface area contributed by atoms with Crippen LogP contribution in [0.2, 0.25) is 0 Å². The smallest absolute Gasteiger partial charge is 0.0583 e. The summed E-state index contributed by atoms with van der Waals surface area (Å²) in [6.07, 6.45) is 2.31. The molecule has 0 amide bonds. The summed E-state index contributed by atoms with van der Waals surface area (Å²) in [5.74, 6) is 3.13. The third-order valence-electron chi connectivity index (χ3n) is 8.78. The average molecular weight is 521 g/mol. The quantitative estimate of drug-likeness (QED) is 0.433. The summed E-state index contributed by atoms with van der Waals surface area (Å²) >= 11 is 0. The van der Waals surface area contributed by atoms with Crippen LogP contribution in [-0.4, -0.2) is 73.4 Å². The van der Waals surface area contributed by atoms with Crippen LogP contribution in [0.5, 0.6) is 0 Å². The highest BCUT2D eigenvalue weighted by molar-refractivity contribution is 5.30. The summed E-state index contributed by atoms with van der Waals surface area (Å²) in [6, 6.07) is 9.14. The number of hydrogen-bond acceptors (Lipinski definition) is 6. The number of aromatic nitrogens is 2. The molecule has 0 spiro atoms. The molecule has 0 N–H and O–H groups in total. The summed E-state index contributed by atoms with van der Waals surface area (Å²) in [5, 5.41) is 0. The van der Waals surface area contributed by atoms with Crippen LogP contribution in [-0.2, 0) is 22.6 Å². The van der Waals surface area contributed by atoms with Gasteiger partial charge in [0.15, 0.2) is 0 Å². The Balaban J connectivity index is 1.24. The van der Waals surface area contributed by atoms with Gasteiger partial charge in [0.1, 0.15) is 0 Å². The van der Waals surface area contributed by atoms with Crippen molar-refractivity contribution in [2.24, 2.45) is 11.8 Å². The molecule has 6 nitrogen and oxygen atoms in total. The largest absolute Gasteiger partial charge is 0.381 e. The molecule has 1 unspecified atom stereocenters. The van der Waals surface area contributed by atoms with E-state index in [1.807, 2.05) is 0 Å². The van der Waals surface area contributed by atoms with E-state index in [9.17, 15) is 0 Å². The van der Waals surface area contributed by atoms with Gasteiger partial charge in [0, 0.05) is 62.6 Å². The molecule has 208 valence electrons. The first-order valence-corrected chi connectivity index (χ1v) is 14.8. The van der Waals surface area contributed by atoms with Crippen LogP contribution in [0, 0.1) is 11.8 Å². The normalized spacial score (nSPS) is 25.0. The van der Waals surface area contributed by atoms with Gasteiger partial charge in [-0.3, -0.25) is 14.9 Å². The van der Waals surface area contributed by atoms with Crippen molar-refractivity contribution in [3.8, 4) is 0 Å². The molecule has 3 aliphatic rings. The van der Waals surface area contributed by atoms with Gasteiger partial charge in [-0.25, -0.2) is 0 Å². The zero-order valence-electron chi connectivity index (χ0n) is 24.4. The lowest BCUT2D eigenvalue weighted by atomic mass is 9.77. The van der Waals surface area contributed by atoms with E-state index in [4.69, 9.17) is 19.4 Å². The van der Waals surface area contributed by atoms with Gasteiger partial charge in [0.2, 0.25) is 0 Å². The molecule has 5 rings (SSSR count). The van der Waals surface area contributed by atoms with E-state index in [-0.39, 0.29) is 0 Å². The van der Waals surface area contributed by atoms with E-state index in [1.54, 1.807) is 0 Å². The summed E-state index contributed by atoms with van der Waals surface area (Å²) in [5.41, 5.74) is 7.68. The van der Waals surface area contributed by atoms with Crippen LogP contribution in [0.3, 0.4) is 0 Å². The van der Waals surface area contributed by atoms with Crippen LogP contribution in [0.25, 0.3) is 0 Å². The first-order chi connectivity index (χ1) is 18.3. The summed E-state index contributed by atoms with van der Waals surface area (Å²) < 4.78 is 12.0. The molecule has 0 saturated carbocycles. The molecule has 0 aromatic carbocycles. The molecule has 0 bridgehead atoms. The summed E-state index contributed by atoms with van der Waals surface area (Å²) in [6.45, 7) is 16.4. The lowest BCUT2D eigenvalue weighted by Gasteiger charge is -2.46. The fourth-order valence-corrected chi connectivity index (χ4v) is 6.43. The van der Waals surface area contributed by atoms with Crippen molar-refractivity contribution >= 4 is 0 Å². The molecular formula is C32H48N4O2. The lowest BCUT2D eigenvalue weighted by molar-refractivity contribution is -0.0347. The highest BCUT2D eigenvalue weighted by atomic mass is 16.5. The molecule has 5 heterocycles. The van der Waals surface area contributed by atoms with E-state index in [2.05, 4.69) is 75.9 Å². The Hall–Kier alpha value is -1.86. The standard InChI is InChI=1S/C32H48N4O2/c1-21(2)29-10-8-28(31(33-29)16-35(5)6)25-13-24(19-38-20-25)26-14-36(15-26)17-32-27(23-11-12-37-18-23)7-9-30(34-32)22(3)4/h7-10,21-26H,11-20H2,1-6H3/t23-,24?,25+/m1/s1. The van der Waals surface area contributed by atoms with Crippen molar-refractivity contribution in [1.82, 2.24) is 19.8 Å². The van der Waals surface area contributed by atoms with Crippen LogP contribution in [0.1, 0.15) is 98.1 Å². The second kappa shape index (κ2) is 12.1. The van der Waals surface area contributed by atoms with E-state index >= 15 is 0 Å². The lowest BCUT2D eigenvalue weighted by Crippen LogP contribution is -2.51. The van der Waals surface area contributed by atoms with Crippen LogP contribution in [0.15, 0.2) is 24.3 Å². The van der Waals surface area contributed by atoms with Crippen LogP contribution >= 0.6 is 0 Å². The van der Waals surface area contributed by atoms with Crippen molar-refractivity contribution in [1.29, 1.82) is 0 Å². The number of rotatable bonds is 9. The van der Waals surface area contributed by atoms with E-state index in [0.717, 1.165) is 59.0 Å². The summed E-state index contributed by atoms with van der Waals surface area (Å²) in [7, 11) is 4.26. The number of likely N-dealkylation sites (tertiary alicyclic amines) is 1. The van der Waals surface area contributed by atoms with Crippen LogP contribution in [0.4, 0.5) is 0 Å². The number of hydrogen-bond donors (Lipinski definition) is 0. The van der Waals surface area contributed by atoms with Crippen molar-refractivity contribution < 1.29 is 9.47 Å². The number of ether oxygens (including phenoxy) is 2. The first-order valence-electron chi connectivity index (χ1n) is 14.8. The zero-order chi connectivity index (χ0) is 26.8. The fourth-order valence-electron chi connectivity index (χ4n) is 6.43. The maximum atomic E-state index is 6.24. The minimum Gasteiger partial charge on any atom is -0.381 e. The highest BCUT2D eigenvalue weighted by Crippen LogP contribution is 2.38. The summed E-state index contributed by atoms with van der Waals surface area (Å²) in [4.78, 5) is 15.1. The molecular weight excluding hydrogens is 472 g/mol. The van der Waals surface area contributed by atoms with Gasteiger partial charge >= 0.3 is 0 Å². The monoisotopic (exact) mass is 520 g/mol. The molecule has 3 aliphatic heterocycles. The Bertz CT molecular complexity index is 1070. The Morgan fingerprint density at radius 2 is 1.45 bits per heavy atom. The molecule has 0 aliphatic carbocycles. The molecule has 3 fully saturated rings. The van der Waals surface area contributed by atoms with Gasteiger partial charge < -0.3 is 14.4 Å². The molecule has 3 atom stereocenters. The number of nitrogens with zero attached hydrogens (tertiary/aromatic N) is 4. The van der Waals surface area contributed by atoms with Gasteiger partial charge in [0.25, 0.3) is 0 Å². The molecule has 2 aromatic rings. The Labute approximate surface area is 230 Å². The molecule has 38 heavy (non-hydrogen) atoms. The van der Waals surface area contributed by atoms with Crippen LogP contribution < -0.4 is 0 Å². The van der Waals surface area contributed by atoms with Gasteiger partial charge in [-0.15, -0.1) is 0 Å². The third-order valence-corrected chi connectivity index (χ3v) is 8.78. The average Bonchev–Trinajstić information content (AvgIpc) is 3.40. The maximum absolute atomic E-state index is 6.24. The second-order valence-corrected chi connectivity index (χ2v) is 12.8. The molecule has 3 saturated heterocycles. The van der Waals surface area contributed by atoms with Crippen molar-refractivity contribution in [2.45, 2.75) is 77.3 Å². The number of pyridine rings is 2. The second-order valence-electron chi connectivity index (χ2n) is 12.8. The van der Waals surface area contributed by atoms with E-state index in [0.29, 0.717) is 35.5 Å². The first kappa shape index (κ1) is 27.7. The van der Waals surface area contributed by atoms with E-state index < -0.39 is 0 Å². The SMILES string of the molecule is CC(C)c1ccc([C@@H]2CCOC2)c(CN2CC(C3COC[C@@H](c4ccc(C(C)C)nc4CN(C)C)C3)C2)n1. The molecule has 0 radical (unpaired) electrons. The Kier molecular flexibility index (Phi) is 8.83. The fraction of sp³-hybridized carbons (Fsp3) is 0.688. The maximum Gasteiger partial charge on any atom is 0.0583 e. The highest BCUT2D eigenvalue weighted by Gasteiger charge is 2.38. The molecule has 2 aromatic heterocycles. The Morgan fingerprint density at radius 1 is 0.816 bits per heavy atom. The van der Waals surface area contributed by atoms with Crippen molar-refractivity contribution in [2.75, 3.05) is 53.6 Å². The van der Waals surface area contributed by atoms with E-state index in [1.165, 1.54) is 40.3 Å².